The van der Waals surface area contributed by atoms with E-state index in [1.165, 1.54) is 0 Å². The first-order chi connectivity index (χ1) is 26.7. The Labute approximate surface area is 325 Å². The summed E-state index contributed by atoms with van der Waals surface area (Å²) < 4.78 is 75.0. The molecule has 0 saturated heterocycles. The van der Waals surface area contributed by atoms with Crippen LogP contribution in [0.15, 0.2) is 0 Å². The topological polar surface area (TPSA) is 225 Å². The van der Waals surface area contributed by atoms with Crippen molar-refractivity contribution in [2.24, 2.45) is 0 Å². The van der Waals surface area contributed by atoms with Gasteiger partial charge in [-0.05, 0) is 20.8 Å². The quantitative estimate of drug-likeness (QED) is 0.0686. The molecule has 0 saturated carbocycles. The van der Waals surface area contributed by atoms with E-state index in [2.05, 4.69) is 15.4 Å². The summed E-state index contributed by atoms with van der Waals surface area (Å²) >= 11 is 0. The van der Waals surface area contributed by atoms with Crippen molar-refractivity contribution in [3.05, 3.63) is 0 Å². The van der Waals surface area contributed by atoms with E-state index in [4.69, 9.17) is 66.7 Å². The molecule has 0 aromatic rings. The predicted molar refractivity (Wildman–Crippen MR) is 196 cm³/mol. The summed E-state index contributed by atoms with van der Waals surface area (Å²) in [5, 5.41) is 13.6. The van der Waals surface area contributed by atoms with Crippen molar-refractivity contribution in [2.45, 2.75) is 26.4 Å². The van der Waals surface area contributed by atoms with Crippen molar-refractivity contribution in [3.63, 3.8) is 0 Å². The molecule has 0 spiro atoms. The number of alkyl carbamates (subject to hydrolysis) is 1. The van der Waals surface area contributed by atoms with Gasteiger partial charge in [0.1, 0.15) is 18.8 Å². The first kappa shape index (κ1) is 52.7. The third-order valence-corrected chi connectivity index (χ3v) is 6.03. The Hall–Kier alpha value is -2.31. The lowest BCUT2D eigenvalue weighted by molar-refractivity contribution is -0.143. The number of ether oxygens (including phenoxy) is 14. The molecular weight excluding hydrogens is 736 g/mol. The molecule has 20 heteroatoms. The molecule has 0 heterocycles. The van der Waals surface area contributed by atoms with Gasteiger partial charge in [0.15, 0.2) is 0 Å². The summed E-state index contributed by atoms with van der Waals surface area (Å²) in [7, 11) is 0. The highest BCUT2D eigenvalue weighted by atomic mass is 16.6. The van der Waals surface area contributed by atoms with E-state index < -0.39 is 30.2 Å². The minimum Gasteiger partial charge on any atom is -0.480 e. The van der Waals surface area contributed by atoms with Gasteiger partial charge in [-0.2, -0.15) is 0 Å². The smallest absolute Gasteiger partial charge is 0.407 e. The molecule has 0 radical (unpaired) electrons. The van der Waals surface area contributed by atoms with Crippen molar-refractivity contribution in [2.75, 3.05) is 185 Å². The van der Waals surface area contributed by atoms with Crippen LogP contribution in [0.2, 0.25) is 0 Å². The number of carbonyl (C=O) groups is 3. The van der Waals surface area contributed by atoms with Gasteiger partial charge in [-0.15, -0.1) is 0 Å². The second kappa shape index (κ2) is 41.3. The molecule has 0 bridgehead atoms. The van der Waals surface area contributed by atoms with E-state index in [1.807, 2.05) is 20.8 Å². The summed E-state index contributed by atoms with van der Waals surface area (Å²) in [6.07, 6.45) is -0.460. The van der Waals surface area contributed by atoms with E-state index in [-0.39, 0.29) is 6.61 Å². The summed E-state index contributed by atoms with van der Waals surface area (Å²) in [5.74, 6) is -1.53. The van der Waals surface area contributed by atoms with E-state index >= 15 is 0 Å². The van der Waals surface area contributed by atoms with Gasteiger partial charge in [0.25, 0.3) is 0 Å². The molecule has 326 valence electrons. The van der Waals surface area contributed by atoms with Crippen LogP contribution in [0.1, 0.15) is 20.8 Å². The van der Waals surface area contributed by atoms with Gasteiger partial charge in [-0.3, -0.25) is 4.79 Å². The van der Waals surface area contributed by atoms with Crippen LogP contribution in [-0.4, -0.2) is 214 Å². The van der Waals surface area contributed by atoms with Crippen LogP contribution in [0.3, 0.4) is 0 Å². The van der Waals surface area contributed by atoms with Crippen LogP contribution in [-0.2, 0) is 75.9 Å². The zero-order valence-corrected chi connectivity index (χ0v) is 33.2. The number of carbonyl (C=O) groups excluding carboxylic acids is 2. The Bertz CT molecular complexity index is 868. The van der Waals surface area contributed by atoms with Crippen LogP contribution < -0.4 is 10.6 Å². The molecule has 55 heavy (non-hydrogen) atoms. The van der Waals surface area contributed by atoms with Crippen molar-refractivity contribution in [1.82, 2.24) is 10.6 Å². The highest BCUT2D eigenvalue weighted by Crippen LogP contribution is 2.06. The Balaban J connectivity index is 3.13. The number of hydrogen-bond donors (Lipinski definition) is 3. The first-order valence-corrected chi connectivity index (χ1v) is 18.7. The summed E-state index contributed by atoms with van der Waals surface area (Å²) in [4.78, 5) is 33.2. The number of rotatable bonds is 43. The highest BCUT2D eigenvalue weighted by molar-refractivity contribution is 5.77. The molecule has 0 unspecified atom stereocenters. The third-order valence-electron chi connectivity index (χ3n) is 6.03. The molecule has 0 fully saturated rings. The Morgan fingerprint density at radius 2 is 0.636 bits per heavy atom. The van der Waals surface area contributed by atoms with Crippen molar-refractivity contribution >= 4 is 18.0 Å². The SMILES string of the molecule is CC(C)(C)OC(=O)NCCOCCOCCOCCOCCOCCOCCOCCOCCOCCOCCOCCOCCNC(=O)COCC(=O)O. The second-order valence-electron chi connectivity index (χ2n) is 12.0. The predicted octanol–water partition coefficient (Wildman–Crippen LogP) is -0.0723. The number of aliphatic carboxylic acids is 1. The molecule has 3 N–H and O–H groups in total. The maximum atomic E-state index is 11.5. The minimum atomic E-state index is -1.13. The van der Waals surface area contributed by atoms with Gasteiger partial charge < -0.3 is 82.1 Å². The zero-order chi connectivity index (χ0) is 40.3. The number of amides is 2. The van der Waals surface area contributed by atoms with Crippen molar-refractivity contribution < 1.29 is 85.8 Å². The molecule has 0 aromatic carbocycles. The standard InChI is InChI=1S/C35H68N2O18/c1-35(2,3)55-34(41)37-5-7-43-9-11-45-13-15-47-17-19-49-21-23-51-25-27-53-29-28-52-26-24-50-22-20-48-18-16-46-14-12-44-10-8-42-6-4-36-32(38)30-54-31-33(39)40/h4-31H2,1-3H3,(H,36,38)(H,37,41)(H,39,40). The molecule has 0 aliphatic heterocycles. The maximum absolute atomic E-state index is 11.5. The molecule has 0 atom stereocenters. The van der Waals surface area contributed by atoms with Gasteiger partial charge >= 0.3 is 12.1 Å². The number of carboxylic acids is 1. The van der Waals surface area contributed by atoms with Crippen LogP contribution >= 0.6 is 0 Å². The number of hydrogen-bond acceptors (Lipinski definition) is 17. The summed E-state index contributed by atoms with van der Waals surface area (Å²) in [6, 6.07) is 0. The normalized spacial score (nSPS) is 11.5. The van der Waals surface area contributed by atoms with Gasteiger partial charge in [-0.1, -0.05) is 0 Å². The molecule has 0 aromatic heterocycles. The molecule has 0 aliphatic carbocycles. The molecule has 20 nitrogen and oxygen atoms in total. The lowest BCUT2D eigenvalue weighted by Gasteiger charge is -2.19. The number of nitrogens with one attached hydrogen (secondary N) is 2. The van der Waals surface area contributed by atoms with Crippen LogP contribution in [0.25, 0.3) is 0 Å². The van der Waals surface area contributed by atoms with Crippen LogP contribution in [0.5, 0.6) is 0 Å². The third kappa shape index (κ3) is 47.8. The molecular formula is C35H68N2O18. The fourth-order valence-electron chi connectivity index (χ4n) is 3.61. The van der Waals surface area contributed by atoms with Crippen molar-refractivity contribution in [1.29, 1.82) is 0 Å². The first-order valence-electron chi connectivity index (χ1n) is 18.7. The minimum absolute atomic E-state index is 0.294. The summed E-state index contributed by atoms with van der Waals surface area (Å²) in [5.41, 5.74) is -0.520. The fourth-order valence-corrected chi connectivity index (χ4v) is 3.61. The lowest BCUT2D eigenvalue weighted by atomic mass is 10.2. The Kier molecular flexibility index (Phi) is 39.6. The Morgan fingerprint density at radius 1 is 0.382 bits per heavy atom. The van der Waals surface area contributed by atoms with E-state index in [1.54, 1.807) is 0 Å². The largest absolute Gasteiger partial charge is 0.480 e. The molecule has 0 aliphatic rings. The molecule has 2 amide bonds. The van der Waals surface area contributed by atoms with Gasteiger partial charge in [0.2, 0.25) is 5.91 Å². The average Bonchev–Trinajstić information content (AvgIpc) is 3.13. The average molecular weight is 805 g/mol. The van der Waals surface area contributed by atoms with Crippen LogP contribution in [0, 0.1) is 0 Å². The van der Waals surface area contributed by atoms with Gasteiger partial charge in [-0.25, -0.2) is 9.59 Å². The monoisotopic (exact) mass is 804 g/mol. The van der Waals surface area contributed by atoms with E-state index in [0.717, 1.165) is 0 Å². The maximum Gasteiger partial charge on any atom is 0.407 e. The van der Waals surface area contributed by atoms with Gasteiger partial charge in [0, 0.05) is 13.1 Å². The summed E-state index contributed by atoms with van der Waals surface area (Å²) in [6.45, 7) is 16.0. The zero-order valence-electron chi connectivity index (χ0n) is 33.2. The van der Waals surface area contributed by atoms with Gasteiger partial charge in [0.05, 0.1) is 159 Å². The molecule has 0 rings (SSSR count). The lowest BCUT2D eigenvalue weighted by Crippen LogP contribution is -2.34. The number of carboxylic acid groups (broad SMARTS) is 1. The Morgan fingerprint density at radius 3 is 0.891 bits per heavy atom. The van der Waals surface area contributed by atoms with E-state index in [9.17, 15) is 14.4 Å². The van der Waals surface area contributed by atoms with E-state index in [0.29, 0.717) is 172 Å². The second-order valence-corrected chi connectivity index (χ2v) is 12.0. The van der Waals surface area contributed by atoms with Crippen molar-refractivity contribution in [3.8, 4) is 0 Å². The highest BCUT2D eigenvalue weighted by Gasteiger charge is 2.15. The fraction of sp³-hybridized carbons (Fsp3) is 0.914. The van der Waals surface area contributed by atoms with Crippen LogP contribution in [0.4, 0.5) is 4.79 Å².